The molecular weight excluding hydrogens is 398 g/mol. The molecule has 6 heteroatoms. The summed E-state index contributed by atoms with van der Waals surface area (Å²) in [5.41, 5.74) is 4.38. The average molecular weight is 416 g/mol. The number of para-hydroxylation sites is 1. The molecule has 0 radical (unpaired) electrons. The molecule has 0 bridgehead atoms. The van der Waals surface area contributed by atoms with E-state index in [4.69, 9.17) is 11.6 Å². The summed E-state index contributed by atoms with van der Waals surface area (Å²) in [6.07, 6.45) is 0. The first-order valence-electron chi connectivity index (χ1n) is 9.60. The second-order valence-corrected chi connectivity index (χ2v) is 7.69. The van der Waals surface area contributed by atoms with Crippen molar-refractivity contribution in [2.45, 2.75) is 12.6 Å². The summed E-state index contributed by atoms with van der Waals surface area (Å²) in [6, 6.07) is 24.1. The van der Waals surface area contributed by atoms with Crippen LogP contribution in [0.5, 0.6) is 5.75 Å². The zero-order valence-electron chi connectivity index (χ0n) is 15.9. The summed E-state index contributed by atoms with van der Waals surface area (Å²) in [5, 5.41) is 18.4. The number of carbonyl (C=O) groups excluding carboxylic acids is 1. The molecule has 0 saturated carbocycles. The Kier molecular flexibility index (Phi) is 4.52. The SMILES string of the molecule is O=C1c2[nH]nc(-c3ccccc3O)c2C(c2ccccc2)N1Cc1ccc(Cl)cc1. The van der Waals surface area contributed by atoms with Crippen LogP contribution in [0.4, 0.5) is 0 Å². The number of nitrogens with zero attached hydrogens (tertiary/aromatic N) is 2. The van der Waals surface area contributed by atoms with E-state index in [1.807, 2.05) is 65.6 Å². The van der Waals surface area contributed by atoms with Crippen LogP contribution >= 0.6 is 11.6 Å². The Bertz CT molecular complexity index is 1220. The first-order chi connectivity index (χ1) is 14.6. The number of halogens is 1. The molecule has 2 heterocycles. The third-order valence-electron chi connectivity index (χ3n) is 5.40. The minimum atomic E-state index is -0.322. The molecule has 1 aliphatic rings. The zero-order chi connectivity index (χ0) is 20.7. The van der Waals surface area contributed by atoms with Gasteiger partial charge in [0.1, 0.15) is 17.1 Å². The molecule has 0 fully saturated rings. The molecule has 1 aliphatic heterocycles. The highest BCUT2D eigenvalue weighted by Crippen LogP contribution is 2.44. The number of H-pyrrole nitrogens is 1. The topological polar surface area (TPSA) is 69.2 Å². The monoisotopic (exact) mass is 415 g/mol. The minimum Gasteiger partial charge on any atom is -0.507 e. The number of fused-ring (bicyclic) bond motifs is 1. The number of nitrogens with one attached hydrogen (secondary N) is 1. The quantitative estimate of drug-likeness (QED) is 0.482. The van der Waals surface area contributed by atoms with Gasteiger partial charge in [-0.15, -0.1) is 0 Å². The van der Waals surface area contributed by atoms with Crippen LogP contribution in [0.15, 0.2) is 78.9 Å². The first-order valence-corrected chi connectivity index (χ1v) is 9.98. The highest BCUT2D eigenvalue weighted by molar-refractivity contribution is 6.30. The Hall–Kier alpha value is -3.57. The molecular formula is C24H18ClN3O2. The number of phenolic OH excluding ortho intramolecular Hbond substituents is 1. The van der Waals surface area contributed by atoms with E-state index in [-0.39, 0.29) is 17.7 Å². The molecule has 148 valence electrons. The van der Waals surface area contributed by atoms with Crippen molar-refractivity contribution in [3.05, 3.63) is 106 Å². The van der Waals surface area contributed by atoms with Crippen molar-refractivity contribution in [2.75, 3.05) is 0 Å². The van der Waals surface area contributed by atoms with Crippen LogP contribution in [0.25, 0.3) is 11.3 Å². The summed E-state index contributed by atoms with van der Waals surface area (Å²) in [4.78, 5) is 15.2. The van der Waals surface area contributed by atoms with E-state index in [0.717, 1.165) is 16.7 Å². The highest BCUT2D eigenvalue weighted by atomic mass is 35.5. The molecule has 1 amide bonds. The molecule has 30 heavy (non-hydrogen) atoms. The zero-order valence-corrected chi connectivity index (χ0v) is 16.7. The number of aromatic nitrogens is 2. The Labute approximate surface area is 178 Å². The van der Waals surface area contributed by atoms with Crippen LogP contribution in [0.2, 0.25) is 5.02 Å². The number of phenols is 1. The van der Waals surface area contributed by atoms with Crippen LogP contribution in [0.1, 0.15) is 33.2 Å². The third kappa shape index (κ3) is 3.04. The Morgan fingerprint density at radius 2 is 1.67 bits per heavy atom. The molecule has 2 N–H and O–H groups in total. The summed E-state index contributed by atoms with van der Waals surface area (Å²) in [7, 11) is 0. The van der Waals surface area contributed by atoms with Gasteiger partial charge in [-0.05, 0) is 35.4 Å². The van der Waals surface area contributed by atoms with Crippen molar-refractivity contribution in [1.82, 2.24) is 15.1 Å². The largest absolute Gasteiger partial charge is 0.507 e. The van der Waals surface area contributed by atoms with Gasteiger partial charge in [-0.3, -0.25) is 9.89 Å². The molecule has 3 aromatic carbocycles. The van der Waals surface area contributed by atoms with E-state index in [1.165, 1.54) is 0 Å². The van der Waals surface area contributed by atoms with Crippen LogP contribution in [-0.4, -0.2) is 26.1 Å². The van der Waals surface area contributed by atoms with Crippen molar-refractivity contribution >= 4 is 17.5 Å². The number of aromatic amines is 1. The maximum Gasteiger partial charge on any atom is 0.273 e. The fourth-order valence-corrected chi connectivity index (χ4v) is 4.13. The second kappa shape index (κ2) is 7.35. The lowest BCUT2D eigenvalue weighted by molar-refractivity contribution is 0.0730. The normalized spacial score (nSPS) is 15.4. The van der Waals surface area contributed by atoms with E-state index in [1.54, 1.807) is 18.2 Å². The number of aromatic hydroxyl groups is 1. The molecule has 5 rings (SSSR count). The lowest BCUT2D eigenvalue weighted by Crippen LogP contribution is -2.29. The molecule has 5 nitrogen and oxygen atoms in total. The Morgan fingerprint density at radius 1 is 0.967 bits per heavy atom. The van der Waals surface area contributed by atoms with Crippen molar-refractivity contribution < 1.29 is 9.90 Å². The molecule has 0 spiro atoms. The van der Waals surface area contributed by atoms with Gasteiger partial charge in [0.05, 0.1) is 6.04 Å². The molecule has 1 aromatic heterocycles. The van der Waals surface area contributed by atoms with E-state index in [9.17, 15) is 9.90 Å². The number of carbonyl (C=O) groups is 1. The smallest absolute Gasteiger partial charge is 0.273 e. The fraction of sp³-hybridized carbons (Fsp3) is 0.0833. The maximum atomic E-state index is 13.3. The Morgan fingerprint density at radius 3 is 2.40 bits per heavy atom. The van der Waals surface area contributed by atoms with Gasteiger partial charge in [0.2, 0.25) is 0 Å². The van der Waals surface area contributed by atoms with Gasteiger partial charge in [-0.25, -0.2) is 0 Å². The fourth-order valence-electron chi connectivity index (χ4n) is 4.01. The Balaban J connectivity index is 1.65. The molecule has 0 saturated heterocycles. The number of rotatable bonds is 4. The lowest BCUT2D eigenvalue weighted by atomic mass is 9.95. The highest BCUT2D eigenvalue weighted by Gasteiger charge is 2.42. The minimum absolute atomic E-state index is 0.122. The number of hydrogen-bond acceptors (Lipinski definition) is 3. The van der Waals surface area contributed by atoms with Crippen LogP contribution in [0.3, 0.4) is 0 Å². The van der Waals surface area contributed by atoms with Crippen LogP contribution in [-0.2, 0) is 6.54 Å². The standard InChI is InChI=1S/C24H18ClN3O2/c25-17-12-10-15(11-13-17)14-28-23(16-6-2-1-3-7-16)20-21(26-27-22(20)24(28)30)18-8-4-5-9-19(18)29/h1-13,23,29H,14H2,(H,26,27). The molecule has 4 aromatic rings. The van der Waals surface area contributed by atoms with Gasteiger partial charge in [0, 0.05) is 22.7 Å². The predicted molar refractivity (Wildman–Crippen MR) is 115 cm³/mol. The van der Waals surface area contributed by atoms with E-state index in [2.05, 4.69) is 10.2 Å². The second-order valence-electron chi connectivity index (χ2n) is 7.25. The maximum absolute atomic E-state index is 13.3. The van der Waals surface area contributed by atoms with Crippen molar-refractivity contribution in [1.29, 1.82) is 0 Å². The van der Waals surface area contributed by atoms with Gasteiger partial charge < -0.3 is 10.0 Å². The van der Waals surface area contributed by atoms with Gasteiger partial charge >= 0.3 is 0 Å². The van der Waals surface area contributed by atoms with Gasteiger partial charge in [-0.1, -0.05) is 66.2 Å². The van der Waals surface area contributed by atoms with Crippen LogP contribution < -0.4 is 0 Å². The predicted octanol–water partition coefficient (Wildman–Crippen LogP) is 5.18. The van der Waals surface area contributed by atoms with Crippen molar-refractivity contribution in [2.24, 2.45) is 0 Å². The third-order valence-corrected chi connectivity index (χ3v) is 5.66. The van der Waals surface area contributed by atoms with E-state index < -0.39 is 0 Å². The average Bonchev–Trinajstić information content (AvgIpc) is 3.30. The van der Waals surface area contributed by atoms with Gasteiger partial charge in [-0.2, -0.15) is 5.10 Å². The number of benzene rings is 3. The lowest BCUT2D eigenvalue weighted by Gasteiger charge is -2.26. The molecule has 0 aliphatic carbocycles. The summed E-state index contributed by atoms with van der Waals surface area (Å²) < 4.78 is 0. The molecule has 1 unspecified atom stereocenters. The van der Waals surface area contributed by atoms with Gasteiger partial charge in [0.15, 0.2) is 0 Å². The first kappa shape index (κ1) is 18.5. The number of amides is 1. The summed E-state index contributed by atoms with van der Waals surface area (Å²) >= 11 is 6.02. The van der Waals surface area contributed by atoms with Crippen LogP contribution in [0, 0.1) is 0 Å². The summed E-state index contributed by atoms with van der Waals surface area (Å²) in [5.74, 6) is 0.00480. The van der Waals surface area contributed by atoms with E-state index >= 15 is 0 Å². The molecule has 1 atom stereocenters. The van der Waals surface area contributed by atoms with Crippen molar-refractivity contribution in [3.8, 4) is 17.0 Å². The number of hydrogen-bond donors (Lipinski definition) is 2. The van der Waals surface area contributed by atoms with Gasteiger partial charge in [0.25, 0.3) is 5.91 Å². The van der Waals surface area contributed by atoms with Crippen molar-refractivity contribution in [3.63, 3.8) is 0 Å². The summed E-state index contributed by atoms with van der Waals surface area (Å²) in [6.45, 7) is 0.429. The van der Waals surface area contributed by atoms with E-state index in [0.29, 0.717) is 28.5 Å².